The molecule has 0 spiro atoms. The second-order valence-corrected chi connectivity index (χ2v) is 10.0. The van der Waals surface area contributed by atoms with Crippen LogP contribution < -0.4 is 10.1 Å². The quantitative estimate of drug-likeness (QED) is 0.222. The van der Waals surface area contributed by atoms with Gasteiger partial charge in [-0.15, -0.1) is 0 Å². The fourth-order valence-corrected chi connectivity index (χ4v) is 5.27. The summed E-state index contributed by atoms with van der Waals surface area (Å²) in [5.41, 5.74) is 7.82. The number of aryl methyl sites for hydroxylation is 1. The first-order chi connectivity index (χ1) is 19.3. The molecule has 5 aromatic rings. The van der Waals surface area contributed by atoms with Gasteiger partial charge < -0.3 is 19.7 Å². The third-order valence-electron chi connectivity index (χ3n) is 7.62. The Labute approximate surface area is 233 Å². The number of carbonyl (C=O) groups excluding carboxylic acids is 1. The number of aromatic carboxylic acids is 1. The number of aromatic nitrogens is 1. The van der Waals surface area contributed by atoms with E-state index in [1.165, 1.54) is 0 Å². The van der Waals surface area contributed by atoms with E-state index in [1.54, 1.807) is 19.2 Å². The molecule has 0 aliphatic rings. The molecule has 40 heavy (non-hydrogen) atoms. The molecule has 5 rings (SSSR count). The predicted octanol–water partition coefficient (Wildman–Crippen LogP) is 7.17. The van der Waals surface area contributed by atoms with Gasteiger partial charge in [0.05, 0.1) is 18.7 Å². The van der Waals surface area contributed by atoms with Crippen molar-refractivity contribution in [1.29, 1.82) is 0 Å². The van der Waals surface area contributed by atoms with Crippen molar-refractivity contribution in [3.63, 3.8) is 0 Å². The number of nitrogens with zero attached hydrogens (tertiary/aromatic N) is 1. The Morgan fingerprint density at radius 2 is 1.62 bits per heavy atom. The molecule has 0 radical (unpaired) electrons. The summed E-state index contributed by atoms with van der Waals surface area (Å²) in [6, 6.07) is 28.4. The lowest BCUT2D eigenvalue weighted by atomic mass is 9.99. The number of carboxylic acid groups (broad SMARTS) is 1. The summed E-state index contributed by atoms with van der Waals surface area (Å²) in [5.74, 6) is -0.331. The van der Waals surface area contributed by atoms with Gasteiger partial charge in [-0.1, -0.05) is 60.7 Å². The minimum atomic E-state index is -0.938. The third-order valence-corrected chi connectivity index (χ3v) is 7.62. The number of ether oxygens (including phenoxy) is 1. The Morgan fingerprint density at radius 3 is 2.35 bits per heavy atom. The van der Waals surface area contributed by atoms with Gasteiger partial charge in [0.1, 0.15) is 5.75 Å². The van der Waals surface area contributed by atoms with Crippen molar-refractivity contribution in [2.75, 3.05) is 7.11 Å². The molecule has 1 heterocycles. The van der Waals surface area contributed by atoms with Gasteiger partial charge in [-0.3, -0.25) is 4.79 Å². The highest BCUT2D eigenvalue weighted by Crippen LogP contribution is 2.30. The smallest absolute Gasteiger partial charge is 0.336 e. The van der Waals surface area contributed by atoms with Crippen molar-refractivity contribution in [1.82, 2.24) is 9.88 Å². The van der Waals surface area contributed by atoms with E-state index in [1.807, 2.05) is 85.8 Å². The van der Waals surface area contributed by atoms with E-state index in [0.29, 0.717) is 17.7 Å². The lowest BCUT2D eigenvalue weighted by molar-refractivity contribution is 0.0697. The number of hydrogen-bond donors (Lipinski definition) is 2. The van der Waals surface area contributed by atoms with Gasteiger partial charge in [-0.2, -0.15) is 0 Å². The minimum Gasteiger partial charge on any atom is -0.496 e. The highest BCUT2D eigenvalue weighted by atomic mass is 16.5. The summed E-state index contributed by atoms with van der Waals surface area (Å²) in [5, 5.41) is 13.7. The first-order valence-electron chi connectivity index (χ1n) is 13.2. The van der Waals surface area contributed by atoms with Crippen LogP contribution in [0.5, 0.6) is 5.75 Å². The molecular weight excluding hydrogens is 500 g/mol. The van der Waals surface area contributed by atoms with Gasteiger partial charge in [-0.05, 0) is 73.4 Å². The van der Waals surface area contributed by atoms with Crippen molar-refractivity contribution in [3.8, 4) is 16.9 Å². The molecule has 6 heteroatoms. The molecule has 1 atom stereocenters. The van der Waals surface area contributed by atoms with Crippen LogP contribution in [0.2, 0.25) is 0 Å². The van der Waals surface area contributed by atoms with E-state index < -0.39 is 5.97 Å². The highest BCUT2D eigenvalue weighted by Gasteiger charge is 2.18. The summed E-state index contributed by atoms with van der Waals surface area (Å²) in [6.45, 7) is 6.79. The van der Waals surface area contributed by atoms with Crippen LogP contribution in [-0.2, 0) is 6.54 Å². The molecule has 2 N–H and O–H groups in total. The maximum Gasteiger partial charge on any atom is 0.336 e. The van der Waals surface area contributed by atoms with Crippen molar-refractivity contribution >= 4 is 22.8 Å². The van der Waals surface area contributed by atoms with Crippen molar-refractivity contribution in [2.24, 2.45) is 0 Å². The molecule has 0 bridgehead atoms. The first kappa shape index (κ1) is 26.8. The molecule has 0 aliphatic carbocycles. The number of methoxy groups -OCH3 is 1. The van der Waals surface area contributed by atoms with Gasteiger partial charge in [0, 0.05) is 34.3 Å². The van der Waals surface area contributed by atoms with Gasteiger partial charge >= 0.3 is 5.97 Å². The Bertz CT molecular complexity index is 1720. The second-order valence-electron chi connectivity index (χ2n) is 10.0. The molecule has 0 saturated carbocycles. The zero-order valence-electron chi connectivity index (χ0n) is 23.1. The van der Waals surface area contributed by atoms with Crippen molar-refractivity contribution in [3.05, 3.63) is 125 Å². The van der Waals surface area contributed by atoms with E-state index >= 15 is 0 Å². The third kappa shape index (κ3) is 5.08. The van der Waals surface area contributed by atoms with Crippen LogP contribution in [0.15, 0.2) is 91.0 Å². The number of amides is 1. The van der Waals surface area contributed by atoms with E-state index in [4.69, 9.17) is 4.74 Å². The van der Waals surface area contributed by atoms with E-state index in [2.05, 4.69) is 23.7 Å². The monoisotopic (exact) mass is 532 g/mol. The molecule has 0 unspecified atom stereocenters. The minimum absolute atomic E-state index is 0.137. The molecule has 1 amide bonds. The fraction of sp³-hybridized carbons (Fsp3) is 0.176. The van der Waals surface area contributed by atoms with Crippen molar-refractivity contribution in [2.45, 2.75) is 33.4 Å². The number of carbonyl (C=O) groups is 2. The van der Waals surface area contributed by atoms with Crippen LogP contribution in [0.3, 0.4) is 0 Å². The topological polar surface area (TPSA) is 80.6 Å². The summed E-state index contributed by atoms with van der Waals surface area (Å²) in [6.07, 6.45) is 0. The Balaban J connectivity index is 1.39. The van der Waals surface area contributed by atoms with E-state index in [-0.39, 0.29) is 17.5 Å². The van der Waals surface area contributed by atoms with Crippen LogP contribution in [0.4, 0.5) is 0 Å². The molecule has 0 fully saturated rings. The molecule has 0 saturated heterocycles. The van der Waals surface area contributed by atoms with Gasteiger partial charge in [0.15, 0.2) is 0 Å². The maximum atomic E-state index is 13.2. The standard InChI is InChI=1S/C34H32N2O4/c1-21-23(3)36(20-24-13-15-25(16-14-24)28-10-5-6-11-29(28)34(38)39)31-18-17-26(19-30(21)31)33(37)35-22(2)27-9-7-8-12-32(27)40-4/h5-19,22H,20H2,1-4H3,(H,35,37)(H,38,39)/t22-/m0/s1. The summed E-state index contributed by atoms with van der Waals surface area (Å²) in [7, 11) is 1.63. The van der Waals surface area contributed by atoms with E-state index in [0.717, 1.165) is 44.6 Å². The molecule has 0 aliphatic heterocycles. The number of hydrogen-bond acceptors (Lipinski definition) is 3. The number of carboxylic acids is 1. The summed E-state index contributed by atoms with van der Waals surface area (Å²) in [4.78, 5) is 24.8. The fourth-order valence-electron chi connectivity index (χ4n) is 5.27. The van der Waals surface area contributed by atoms with Crippen LogP contribution >= 0.6 is 0 Å². The van der Waals surface area contributed by atoms with Crippen LogP contribution in [-0.4, -0.2) is 28.7 Å². The number of benzene rings is 4. The Hall–Kier alpha value is -4.84. The number of rotatable bonds is 8. The second kappa shape index (κ2) is 11.1. The predicted molar refractivity (Wildman–Crippen MR) is 158 cm³/mol. The van der Waals surface area contributed by atoms with Crippen LogP contribution in [0.1, 0.15) is 56.1 Å². The lowest BCUT2D eigenvalue weighted by Gasteiger charge is -2.17. The normalized spacial score (nSPS) is 11.8. The Morgan fingerprint density at radius 1 is 0.925 bits per heavy atom. The van der Waals surface area contributed by atoms with Crippen LogP contribution in [0, 0.1) is 13.8 Å². The summed E-state index contributed by atoms with van der Waals surface area (Å²) >= 11 is 0. The molecular formula is C34H32N2O4. The van der Waals surface area contributed by atoms with Gasteiger partial charge in [0.25, 0.3) is 5.91 Å². The van der Waals surface area contributed by atoms with Crippen molar-refractivity contribution < 1.29 is 19.4 Å². The first-order valence-corrected chi connectivity index (χ1v) is 13.2. The molecule has 4 aromatic carbocycles. The number of fused-ring (bicyclic) bond motifs is 1. The number of para-hydroxylation sites is 1. The van der Waals surface area contributed by atoms with E-state index in [9.17, 15) is 14.7 Å². The maximum absolute atomic E-state index is 13.2. The lowest BCUT2D eigenvalue weighted by Crippen LogP contribution is -2.26. The molecule has 6 nitrogen and oxygen atoms in total. The Kier molecular flexibility index (Phi) is 7.43. The van der Waals surface area contributed by atoms with Gasteiger partial charge in [0.2, 0.25) is 0 Å². The zero-order valence-corrected chi connectivity index (χ0v) is 23.1. The summed E-state index contributed by atoms with van der Waals surface area (Å²) < 4.78 is 7.71. The van der Waals surface area contributed by atoms with Crippen LogP contribution in [0.25, 0.3) is 22.0 Å². The molecule has 1 aromatic heterocycles. The zero-order chi connectivity index (χ0) is 28.4. The molecule has 202 valence electrons. The van der Waals surface area contributed by atoms with Gasteiger partial charge in [-0.25, -0.2) is 4.79 Å². The number of nitrogens with one attached hydrogen (secondary N) is 1. The SMILES string of the molecule is COc1ccccc1[C@H](C)NC(=O)c1ccc2c(c1)c(C)c(C)n2Cc1ccc(-c2ccccc2C(=O)O)cc1. The average molecular weight is 533 g/mol. The largest absolute Gasteiger partial charge is 0.496 e. The highest BCUT2D eigenvalue weighted by molar-refractivity contribution is 5.99. The average Bonchev–Trinajstić information content (AvgIpc) is 3.21.